The van der Waals surface area contributed by atoms with Crippen molar-refractivity contribution in [2.45, 2.75) is 6.61 Å². The normalized spacial score (nSPS) is 10.0. The minimum absolute atomic E-state index is 0.132. The molecule has 2 aromatic rings. The van der Waals surface area contributed by atoms with E-state index >= 15 is 0 Å². The van der Waals surface area contributed by atoms with Crippen LogP contribution in [0.2, 0.25) is 10.0 Å². The molecule has 0 spiro atoms. The Labute approximate surface area is 120 Å². The maximum absolute atomic E-state index is 9.07. The molecule has 19 heavy (non-hydrogen) atoms. The summed E-state index contributed by atoms with van der Waals surface area (Å²) in [5.74, 6) is 0.742. The van der Waals surface area contributed by atoms with E-state index in [-0.39, 0.29) is 6.61 Å². The summed E-state index contributed by atoms with van der Waals surface area (Å²) >= 11 is 11.9. The molecule has 1 N–H and O–H groups in total. The molecule has 0 bridgehead atoms. The van der Waals surface area contributed by atoms with E-state index in [1.54, 1.807) is 36.4 Å². The van der Waals surface area contributed by atoms with E-state index < -0.39 is 0 Å². The van der Waals surface area contributed by atoms with E-state index in [2.05, 4.69) is 0 Å². The van der Waals surface area contributed by atoms with Crippen LogP contribution in [0.5, 0.6) is 11.5 Å². The van der Waals surface area contributed by atoms with E-state index in [0.29, 0.717) is 32.7 Å². The van der Waals surface area contributed by atoms with Gasteiger partial charge in [0.25, 0.3) is 0 Å². The third-order valence-electron chi connectivity index (χ3n) is 2.46. The molecule has 0 aliphatic carbocycles. The number of rotatable bonds is 3. The summed E-state index contributed by atoms with van der Waals surface area (Å²) in [5, 5.41) is 19.0. The average Bonchev–Trinajstić information content (AvgIpc) is 2.43. The van der Waals surface area contributed by atoms with Crippen molar-refractivity contribution in [3.8, 4) is 17.6 Å². The van der Waals surface area contributed by atoms with E-state index in [0.717, 1.165) is 0 Å². The van der Waals surface area contributed by atoms with Crippen molar-refractivity contribution in [3.63, 3.8) is 0 Å². The minimum Gasteiger partial charge on any atom is -0.454 e. The van der Waals surface area contributed by atoms with Gasteiger partial charge >= 0.3 is 0 Å². The maximum atomic E-state index is 9.07. The van der Waals surface area contributed by atoms with Crippen molar-refractivity contribution in [1.29, 1.82) is 5.26 Å². The van der Waals surface area contributed by atoms with Gasteiger partial charge in [0.15, 0.2) is 0 Å². The molecule has 0 saturated heterocycles. The Hall–Kier alpha value is -1.73. The molecule has 0 saturated carbocycles. The second kappa shape index (κ2) is 5.94. The maximum Gasteiger partial charge on any atom is 0.147 e. The van der Waals surface area contributed by atoms with Gasteiger partial charge in [0, 0.05) is 11.1 Å². The smallest absolute Gasteiger partial charge is 0.147 e. The number of ether oxygens (including phenoxy) is 1. The number of benzene rings is 2. The molecular formula is C14H9Cl2NO2. The molecule has 0 aromatic heterocycles. The highest BCUT2D eigenvalue weighted by atomic mass is 35.5. The van der Waals surface area contributed by atoms with Crippen LogP contribution in [-0.4, -0.2) is 5.11 Å². The number of hydrogen-bond acceptors (Lipinski definition) is 3. The largest absolute Gasteiger partial charge is 0.454 e. The number of aliphatic hydroxyl groups is 1. The van der Waals surface area contributed by atoms with Crippen LogP contribution < -0.4 is 4.74 Å². The Kier molecular flexibility index (Phi) is 4.28. The van der Waals surface area contributed by atoms with Crippen LogP contribution >= 0.6 is 23.2 Å². The first-order chi connectivity index (χ1) is 9.13. The lowest BCUT2D eigenvalue weighted by Gasteiger charge is -2.10. The zero-order valence-electron chi connectivity index (χ0n) is 9.73. The SMILES string of the molecule is N#Cc1cc(CO)ccc1Oc1cc(Cl)ccc1Cl. The lowest BCUT2D eigenvalue weighted by molar-refractivity contribution is 0.281. The van der Waals surface area contributed by atoms with Crippen molar-refractivity contribution in [1.82, 2.24) is 0 Å². The van der Waals surface area contributed by atoms with Crippen LogP contribution in [-0.2, 0) is 6.61 Å². The number of hydrogen-bond donors (Lipinski definition) is 1. The topological polar surface area (TPSA) is 53.2 Å². The Bertz CT molecular complexity index is 650. The Morgan fingerprint density at radius 2 is 1.89 bits per heavy atom. The zero-order chi connectivity index (χ0) is 13.8. The fourth-order valence-electron chi connectivity index (χ4n) is 1.53. The highest BCUT2D eigenvalue weighted by Crippen LogP contribution is 2.33. The van der Waals surface area contributed by atoms with Crippen LogP contribution in [0.25, 0.3) is 0 Å². The molecule has 0 heterocycles. The average molecular weight is 294 g/mol. The first-order valence-electron chi connectivity index (χ1n) is 5.41. The van der Waals surface area contributed by atoms with E-state index in [1.165, 1.54) is 0 Å². The number of halogens is 2. The molecule has 0 aliphatic rings. The van der Waals surface area contributed by atoms with Crippen LogP contribution in [0.15, 0.2) is 36.4 Å². The lowest BCUT2D eigenvalue weighted by atomic mass is 10.1. The van der Waals surface area contributed by atoms with Crippen molar-refractivity contribution >= 4 is 23.2 Å². The second-order valence-corrected chi connectivity index (χ2v) is 4.62. The molecule has 96 valence electrons. The summed E-state index contributed by atoms with van der Waals surface area (Å²) in [6.07, 6.45) is 0. The Balaban J connectivity index is 2.38. The Morgan fingerprint density at radius 3 is 2.58 bits per heavy atom. The summed E-state index contributed by atoms with van der Waals surface area (Å²) in [5.41, 5.74) is 0.962. The van der Waals surface area contributed by atoms with Gasteiger partial charge in [0.2, 0.25) is 0 Å². The van der Waals surface area contributed by atoms with Crippen LogP contribution in [0.3, 0.4) is 0 Å². The first-order valence-corrected chi connectivity index (χ1v) is 6.16. The number of aliphatic hydroxyl groups excluding tert-OH is 1. The highest BCUT2D eigenvalue weighted by Gasteiger charge is 2.09. The summed E-state index contributed by atoms with van der Waals surface area (Å²) in [6.45, 7) is -0.132. The predicted molar refractivity (Wildman–Crippen MR) is 73.6 cm³/mol. The molecule has 0 radical (unpaired) electrons. The summed E-state index contributed by atoms with van der Waals surface area (Å²) < 4.78 is 5.59. The van der Waals surface area contributed by atoms with Gasteiger partial charge in [-0.05, 0) is 29.8 Å². The van der Waals surface area contributed by atoms with Crippen molar-refractivity contribution in [2.75, 3.05) is 0 Å². The number of nitriles is 1. The van der Waals surface area contributed by atoms with E-state index in [1.807, 2.05) is 6.07 Å². The first kappa shape index (κ1) is 13.7. The van der Waals surface area contributed by atoms with E-state index in [9.17, 15) is 0 Å². The van der Waals surface area contributed by atoms with Gasteiger partial charge in [-0.3, -0.25) is 0 Å². The highest BCUT2D eigenvalue weighted by molar-refractivity contribution is 6.34. The molecule has 3 nitrogen and oxygen atoms in total. The summed E-state index contributed by atoms with van der Waals surface area (Å²) in [6, 6.07) is 11.7. The molecule has 0 fully saturated rings. The van der Waals surface area contributed by atoms with Crippen LogP contribution in [0, 0.1) is 11.3 Å². The zero-order valence-corrected chi connectivity index (χ0v) is 11.2. The van der Waals surface area contributed by atoms with Crippen LogP contribution in [0.1, 0.15) is 11.1 Å². The van der Waals surface area contributed by atoms with Gasteiger partial charge in [0.05, 0.1) is 17.2 Å². The van der Waals surface area contributed by atoms with Gasteiger partial charge in [-0.25, -0.2) is 0 Å². The quantitative estimate of drug-likeness (QED) is 0.925. The molecular weight excluding hydrogens is 285 g/mol. The van der Waals surface area contributed by atoms with Gasteiger partial charge < -0.3 is 9.84 Å². The molecule has 0 unspecified atom stereocenters. The fourth-order valence-corrected chi connectivity index (χ4v) is 1.84. The predicted octanol–water partition coefficient (Wildman–Crippen LogP) is 4.15. The van der Waals surface area contributed by atoms with Crippen LogP contribution in [0.4, 0.5) is 0 Å². The third-order valence-corrected chi connectivity index (χ3v) is 3.01. The standard InChI is InChI=1S/C14H9Cl2NO2/c15-11-2-3-12(16)14(6-11)19-13-4-1-9(8-18)5-10(13)7-17/h1-6,18H,8H2. The fraction of sp³-hybridized carbons (Fsp3) is 0.0714. The van der Waals surface area contributed by atoms with Gasteiger partial charge in [-0.2, -0.15) is 5.26 Å². The minimum atomic E-state index is -0.132. The molecule has 0 atom stereocenters. The van der Waals surface area contributed by atoms with Gasteiger partial charge in [0.1, 0.15) is 17.6 Å². The molecule has 5 heteroatoms. The van der Waals surface area contributed by atoms with Crippen molar-refractivity contribution < 1.29 is 9.84 Å². The molecule has 0 aliphatic heterocycles. The monoisotopic (exact) mass is 293 g/mol. The molecule has 2 aromatic carbocycles. The lowest BCUT2D eigenvalue weighted by Crippen LogP contribution is -1.92. The second-order valence-electron chi connectivity index (χ2n) is 3.78. The molecule has 2 rings (SSSR count). The molecule has 0 amide bonds. The summed E-state index contributed by atoms with van der Waals surface area (Å²) in [4.78, 5) is 0. The summed E-state index contributed by atoms with van der Waals surface area (Å²) in [7, 11) is 0. The number of nitrogens with zero attached hydrogens (tertiary/aromatic N) is 1. The van der Waals surface area contributed by atoms with Gasteiger partial charge in [-0.15, -0.1) is 0 Å². The van der Waals surface area contributed by atoms with Crippen molar-refractivity contribution in [2.24, 2.45) is 0 Å². The van der Waals surface area contributed by atoms with E-state index in [4.69, 9.17) is 38.3 Å². The Morgan fingerprint density at radius 1 is 1.11 bits per heavy atom. The third kappa shape index (κ3) is 3.18. The van der Waals surface area contributed by atoms with Crippen molar-refractivity contribution in [3.05, 3.63) is 57.6 Å². The van der Waals surface area contributed by atoms with Gasteiger partial charge in [-0.1, -0.05) is 29.3 Å².